The van der Waals surface area contributed by atoms with Gasteiger partial charge in [-0.2, -0.15) is 0 Å². The highest BCUT2D eigenvalue weighted by Crippen LogP contribution is 1.98. The van der Waals surface area contributed by atoms with E-state index in [0.29, 0.717) is 0 Å². The predicted octanol–water partition coefficient (Wildman–Crippen LogP) is 3.74. The zero-order valence-corrected chi connectivity index (χ0v) is 13.7. The summed E-state index contributed by atoms with van der Waals surface area (Å²) < 4.78 is 0. The van der Waals surface area contributed by atoms with Gasteiger partial charge in [-0.25, -0.2) is 0 Å². The van der Waals surface area contributed by atoms with E-state index in [2.05, 4.69) is 17.0 Å². The van der Waals surface area contributed by atoms with E-state index >= 15 is 0 Å². The van der Waals surface area contributed by atoms with Crippen molar-refractivity contribution in [1.82, 2.24) is 10.4 Å². The molecule has 0 aliphatic carbocycles. The third-order valence-electron chi connectivity index (χ3n) is 1.82. The summed E-state index contributed by atoms with van der Waals surface area (Å²) in [6, 6.07) is 0. The molecule has 0 spiro atoms. The average molecular weight is 281 g/mol. The average Bonchev–Trinajstić information content (AvgIpc) is 2.55. The highest BCUT2D eigenvalue weighted by molar-refractivity contribution is 5.55. The van der Waals surface area contributed by atoms with Crippen LogP contribution in [0.3, 0.4) is 0 Å². The molecule has 1 heterocycles. The molecule has 0 amide bonds. The molecule has 4 nitrogen and oxygen atoms in total. The Hall–Kier alpha value is -1.84. The Labute approximate surface area is 124 Å². The van der Waals surface area contributed by atoms with Gasteiger partial charge in [0, 0.05) is 13.1 Å². The number of aliphatic imine (C=N–C) groups is 1. The molecule has 1 aliphatic heterocycles. The summed E-state index contributed by atoms with van der Waals surface area (Å²) in [4.78, 5) is 12.2. The highest BCUT2D eigenvalue weighted by Gasteiger charge is 2.03. The molecule has 20 heavy (non-hydrogen) atoms. The van der Waals surface area contributed by atoms with Crippen LogP contribution in [0.4, 0.5) is 0 Å². The van der Waals surface area contributed by atoms with Crippen molar-refractivity contribution in [3.63, 3.8) is 0 Å². The summed E-state index contributed by atoms with van der Waals surface area (Å²) >= 11 is 0. The lowest BCUT2D eigenvalue weighted by molar-refractivity contribution is -0.0979. The van der Waals surface area contributed by atoms with Crippen LogP contribution in [0.25, 0.3) is 0 Å². The van der Waals surface area contributed by atoms with Crippen LogP contribution in [0.15, 0.2) is 41.6 Å². The molecule has 0 aromatic carbocycles. The first-order chi connectivity index (χ1) is 9.86. The smallest absolute Gasteiger partial charge is 0.106 e. The van der Waals surface area contributed by atoms with Crippen LogP contribution < -0.4 is 5.43 Å². The van der Waals surface area contributed by atoms with E-state index in [4.69, 9.17) is 4.79 Å². The van der Waals surface area contributed by atoms with Crippen LogP contribution in [0, 0.1) is 0 Å². The standard InChI is InChI=1S/C11H17N3.2C2H6.CH2O/c1-3-6-11(7-4-2)13-14-9-5-8-12-10-14;3*1-2/h3-4,6-7,10,13H,1,5,8-9H2,2H3;2*1-2H3;1H2/b7-4-,11-6+;;;. The van der Waals surface area contributed by atoms with Crippen molar-refractivity contribution in [2.24, 2.45) is 4.99 Å². The summed E-state index contributed by atoms with van der Waals surface area (Å²) in [5.74, 6) is 0. The number of carbonyl (C=O) groups is 1. The number of hydrazine groups is 1. The van der Waals surface area contributed by atoms with Crippen LogP contribution in [-0.2, 0) is 4.79 Å². The first-order valence-corrected chi connectivity index (χ1v) is 7.14. The number of rotatable bonds is 4. The minimum atomic E-state index is 0.933. The highest BCUT2D eigenvalue weighted by atomic mass is 16.1. The molecule has 0 fully saturated rings. The van der Waals surface area contributed by atoms with Crippen LogP contribution >= 0.6 is 0 Å². The molecule has 0 aromatic heterocycles. The maximum atomic E-state index is 8.00. The molecule has 0 radical (unpaired) electrons. The molecule has 0 unspecified atom stereocenters. The lowest BCUT2D eigenvalue weighted by Crippen LogP contribution is -2.38. The van der Waals surface area contributed by atoms with E-state index in [0.717, 1.165) is 25.2 Å². The van der Waals surface area contributed by atoms with E-state index in [1.165, 1.54) is 0 Å². The summed E-state index contributed by atoms with van der Waals surface area (Å²) in [5, 5.41) is 1.98. The third-order valence-corrected chi connectivity index (χ3v) is 1.82. The zero-order valence-electron chi connectivity index (χ0n) is 13.7. The predicted molar refractivity (Wildman–Crippen MR) is 90.7 cm³/mol. The topological polar surface area (TPSA) is 44.7 Å². The van der Waals surface area contributed by atoms with Gasteiger partial charge < -0.3 is 4.79 Å². The monoisotopic (exact) mass is 281 g/mol. The van der Waals surface area contributed by atoms with Crippen molar-refractivity contribution >= 4 is 13.1 Å². The molecule has 1 rings (SSSR count). The second-order valence-corrected chi connectivity index (χ2v) is 3.04. The number of hydrogen-bond acceptors (Lipinski definition) is 4. The van der Waals surface area contributed by atoms with Gasteiger partial charge in [-0.1, -0.05) is 46.4 Å². The largest absolute Gasteiger partial charge is 0.307 e. The number of hydrogen-bond donors (Lipinski definition) is 1. The molecule has 116 valence electrons. The first-order valence-electron chi connectivity index (χ1n) is 7.14. The molecule has 0 saturated heterocycles. The SMILES string of the molecule is C=C/C=C(\C=C/C)NN1C=NCCC1.C=O.CC.CC. The van der Waals surface area contributed by atoms with E-state index in [9.17, 15) is 0 Å². The van der Waals surface area contributed by atoms with Gasteiger partial charge >= 0.3 is 0 Å². The van der Waals surface area contributed by atoms with Gasteiger partial charge in [0.05, 0.1) is 5.70 Å². The fourth-order valence-corrected chi connectivity index (χ4v) is 1.23. The Morgan fingerprint density at radius 3 is 2.30 bits per heavy atom. The van der Waals surface area contributed by atoms with Crippen molar-refractivity contribution in [3.05, 3.63) is 36.6 Å². The fourth-order valence-electron chi connectivity index (χ4n) is 1.23. The Morgan fingerprint density at radius 2 is 1.90 bits per heavy atom. The lowest BCUT2D eigenvalue weighted by Gasteiger charge is -2.24. The first kappa shape index (κ1) is 23.3. The maximum absolute atomic E-state index is 8.00. The van der Waals surface area contributed by atoms with E-state index in [1.54, 1.807) is 6.08 Å². The maximum Gasteiger partial charge on any atom is 0.106 e. The van der Waals surface area contributed by atoms with Gasteiger partial charge in [0.25, 0.3) is 0 Å². The van der Waals surface area contributed by atoms with Crippen molar-refractivity contribution in [3.8, 4) is 0 Å². The minimum absolute atomic E-state index is 0.933. The molecule has 4 heteroatoms. The van der Waals surface area contributed by atoms with E-state index < -0.39 is 0 Å². The quantitative estimate of drug-likeness (QED) is 0.798. The lowest BCUT2D eigenvalue weighted by atomic mass is 10.3. The van der Waals surface area contributed by atoms with Crippen molar-refractivity contribution in [2.45, 2.75) is 41.0 Å². The van der Waals surface area contributed by atoms with Crippen molar-refractivity contribution in [1.29, 1.82) is 0 Å². The molecule has 0 saturated carbocycles. The molecule has 0 bridgehead atoms. The summed E-state index contributed by atoms with van der Waals surface area (Å²) in [6.07, 6.45) is 10.6. The molecule has 1 aliphatic rings. The number of nitrogens with one attached hydrogen (secondary N) is 1. The van der Waals surface area contributed by atoms with Crippen LogP contribution in [0.5, 0.6) is 0 Å². The third kappa shape index (κ3) is 14.2. The van der Waals surface area contributed by atoms with E-state index in [-0.39, 0.29) is 0 Å². The Kier molecular flexibility index (Phi) is 26.0. The Morgan fingerprint density at radius 1 is 1.30 bits per heavy atom. The Balaban J connectivity index is -0.000000425. The van der Waals surface area contributed by atoms with E-state index in [1.807, 2.05) is 71.0 Å². The molecule has 1 N–H and O–H groups in total. The summed E-state index contributed by atoms with van der Waals surface area (Å²) in [7, 11) is 0. The second-order valence-electron chi connectivity index (χ2n) is 3.04. The van der Waals surface area contributed by atoms with Gasteiger partial charge in [-0.05, 0) is 25.5 Å². The molecule has 0 atom stereocenters. The molecular formula is C16H31N3O. The Bertz CT molecular complexity index is 283. The fraction of sp³-hybridized carbons (Fsp3) is 0.500. The van der Waals surface area contributed by atoms with Crippen LogP contribution in [0.2, 0.25) is 0 Å². The second kappa shape index (κ2) is 22.3. The number of allylic oxidation sites excluding steroid dienone is 4. The number of nitrogens with zero attached hydrogens (tertiary/aromatic N) is 2. The normalized spacial score (nSPS) is 13.1. The van der Waals surface area contributed by atoms with Crippen molar-refractivity contribution in [2.75, 3.05) is 13.1 Å². The van der Waals surface area contributed by atoms with Gasteiger partial charge in [0.2, 0.25) is 0 Å². The van der Waals surface area contributed by atoms with Gasteiger partial charge in [0.15, 0.2) is 0 Å². The zero-order chi connectivity index (χ0) is 16.2. The van der Waals surface area contributed by atoms with Gasteiger partial charge in [-0.3, -0.25) is 15.4 Å². The van der Waals surface area contributed by atoms with Crippen LogP contribution in [-0.4, -0.2) is 31.2 Å². The summed E-state index contributed by atoms with van der Waals surface area (Å²) in [6.45, 7) is 17.6. The molecule has 0 aromatic rings. The minimum Gasteiger partial charge on any atom is -0.307 e. The number of carbonyl (C=O) groups excluding carboxylic acids is 1. The van der Waals surface area contributed by atoms with Gasteiger partial charge in [0.1, 0.15) is 13.1 Å². The van der Waals surface area contributed by atoms with Gasteiger partial charge in [-0.15, -0.1) is 0 Å². The van der Waals surface area contributed by atoms with Crippen LogP contribution in [0.1, 0.15) is 41.0 Å². The molecular weight excluding hydrogens is 250 g/mol. The summed E-state index contributed by atoms with van der Waals surface area (Å²) in [5.41, 5.74) is 4.27. The van der Waals surface area contributed by atoms with Crippen molar-refractivity contribution < 1.29 is 4.79 Å².